The molecule has 0 aromatic carbocycles. The average molecular weight is 301 g/mol. The van der Waals surface area contributed by atoms with E-state index in [2.05, 4.69) is 0 Å². The number of carboxylic acid groups (broad SMARTS) is 1. The van der Waals surface area contributed by atoms with Crippen molar-refractivity contribution in [3.8, 4) is 0 Å². The summed E-state index contributed by atoms with van der Waals surface area (Å²) in [6.07, 6.45) is 0.771. The molecule has 122 valence electrons. The summed E-state index contributed by atoms with van der Waals surface area (Å²) in [5, 5.41) is 19.8. The van der Waals surface area contributed by atoms with E-state index in [-0.39, 0.29) is 6.04 Å². The van der Waals surface area contributed by atoms with Gasteiger partial charge in [-0.25, -0.2) is 4.79 Å². The molecular weight excluding hydrogens is 274 g/mol. The summed E-state index contributed by atoms with van der Waals surface area (Å²) in [5.74, 6) is -2.05. The maximum atomic E-state index is 12.4. The molecule has 1 saturated heterocycles. The third kappa shape index (κ3) is 3.87. The Morgan fingerprint density at radius 2 is 1.76 bits per heavy atom. The number of amides is 1. The number of aliphatic hydroxyl groups is 1. The first-order valence-corrected chi connectivity index (χ1v) is 7.34. The van der Waals surface area contributed by atoms with Crippen molar-refractivity contribution in [1.29, 1.82) is 0 Å². The van der Waals surface area contributed by atoms with Crippen molar-refractivity contribution in [3.63, 3.8) is 0 Å². The molecular formula is C15H27NO5. The van der Waals surface area contributed by atoms with Crippen molar-refractivity contribution < 1.29 is 24.5 Å². The number of ether oxygens (including phenoxy) is 1. The fourth-order valence-corrected chi connectivity index (χ4v) is 2.72. The first kappa shape index (κ1) is 17.8. The van der Waals surface area contributed by atoms with Crippen LogP contribution in [0.5, 0.6) is 0 Å². The normalized spacial score (nSPS) is 27.1. The Bertz CT molecular complexity index is 413. The zero-order valence-corrected chi connectivity index (χ0v) is 13.7. The fraction of sp³-hybridized carbons (Fsp3) is 0.867. The van der Waals surface area contributed by atoms with Gasteiger partial charge < -0.3 is 14.9 Å². The van der Waals surface area contributed by atoms with E-state index in [1.807, 2.05) is 6.92 Å². The van der Waals surface area contributed by atoms with E-state index in [1.165, 1.54) is 18.7 Å². The summed E-state index contributed by atoms with van der Waals surface area (Å²) < 4.78 is 5.39. The van der Waals surface area contributed by atoms with E-state index >= 15 is 0 Å². The number of aliphatic carboxylic acids is 1. The predicted molar refractivity (Wildman–Crippen MR) is 78.0 cm³/mol. The molecule has 0 spiro atoms. The molecule has 0 aliphatic carbocycles. The summed E-state index contributed by atoms with van der Waals surface area (Å²) in [6, 6.07) is -0.647. The van der Waals surface area contributed by atoms with Gasteiger partial charge in [-0.1, -0.05) is 0 Å². The van der Waals surface area contributed by atoms with Crippen LogP contribution in [0.25, 0.3) is 0 Å². The van der Waals surface area contributed by atoms with Crippen LogP contribution in [0.2, 0.25) is 0 Å². The second-order valence-corrected chi connectivity index (χ2v) is 7.12. The Morgan fingerprint density at radius 3 is 2.19 bits per heavy atom. The van der Waals surface area contributed by atoms with Gasteiger partial charge in [-0.2, -0.15) is 0 Å². The van der Waals surface area contributed by atoms with Gasteiger partial charge in [0.15, 0.2) is 0 Å². The van der Waals surface area contributed by atoms with Crippen molar-refractivity contribution in [3.05, 3.63) is 0 Å². The Morgan fingerprint density at radius 1 is 1.24 bits per heavy atom. The molecule has 0 unspecified atom stereocenters. The summed E-state index contributed by atoms with van der Waals surface area (Å²) in [4.78, 5) is 25.1. The van der Waals surface area contributed by atoms with Crippen LogP contribution < -0.4 is 0 Å². The van der Waals surface area contributed by atoms with Gasteiger partial charge in [-0.15, -0.1) is 0 Å². The average Bonchev–Trinajstić information content (AvgIpc) is 2.68. The van der Waals surface area contributed by atoms with Crippen LogP contribution in [0.1, 0.15) is 54.4 Å². The van der Waals surface area contributed by atoms with Crippen LogP contribution in [-0.2, 0) is 9.53 Å². The molecule has 21 heavy (non-hydrogen) atoms. The highest BCUT2D eigenvalue weighted by Gasteiger charge is 2.50. The highest BCUT2D eigenvalue weighted by molar-refractivity contribution is 5.72. The van der Waals surface area contributed by atoms with E-state index in [0.717, 1.165) is 0 Å². The number of rotatable bonds is 3. The maximum Gasteiger partial charge on any atom is 0.410 e. The van der Waals surface area contributed by atoms with Gasteiger partial charge >= 0.3 is 12.1 Å². The Balaban J connectivity index is 3.01. The standard InChI is InChI=1S/C15H27NO5/c1-9-7-8-11(15(6,20)10(2)12(17)18)16(9)13(19)21-14(3,4)5/h9-11,20H,7-8H2,1-6H3,(H,17,18)/t9-,10-,11-,15+/m0/s1. The Hall–Kier alpha value is -1.30. The van der Waals surface area contributed by atoms with Crippen molar-refractivity contribution >= 4 is 12.1 Å². The summed E-state index contributed by atoms with van der Waals surface area (Å²) in [5.41, 5.74) is -2.14. The number of carbonyl (C=O) groups is 2. The zero-order chi connectivity index (χ0) is 16.6. The molecule has 6 nitrogen and oxygen atoms in total. The number of nitrogens with zero attached hydrogens (tertiary/aromatic N) is 1. The predicted octanol–water partition coefficient (Wildman–Crippen LogP) is 2.25. The molecule has 2 N–H and O–H groups in total. The number of hydrogen-bond donors (Lipinski definition) is 2. The lowest BCUT2D eigenvalue weighted by Crippen LogP contribution is -2.57. The monoisotopic (exact) mass is 301 g/mol. The number of carboxylic acids is 1. The highest BCUT2D eigenvalue weighted by Crippen LogP contribution is 2.36. The second-order valence-electron chi connectivity index (χ2n) is 7.12. The third-order valence-corrected chi connectivity index (χ3v) is 4.19. The zero-order valence-electron chi connectivity index (χ0n) is 13.7. The SMILES string of the molecule is C[C@H]1CC[C@@H]([C@](C)(O)[C@@H](C)C(=O)O)N1C(=O)OC(C)(C)C. The van der Waals surface area contributed by atoms with Crippen molar-refractivity contribution in [1.82, 2.24) is 4.90 Å². The summed E-state index contributed by atoms with van der Waals surface area (Å²) in [6.45, 7) is 10.1. The molecule has 6 heteroatoms. The minimum atomic E-state index is -1.51. The molecule has 1 heterocycles. The first-order valence-electron chi connectivity index (χ1n) is 7.34. The first-order chi connectivity index (χ1) is 9.38. The Kier molecular flexibility index (Phi) is 4.93. The number of hydrogen-bond acceptors (Lipinski definition) is 4. The minimum absolute atomic E-state index is 0.0858. The van der Waals surface area contributed by atoms with Crippen molar-refractivity contribution in [2.24, 2.45) is 5.92 Å². The van der Waals surface area contributed by atoms with Crippen LogP contribution in [0.15, 0.2) is 0 Å². The molecule has 1 aliphatic rings. The maximum absolute atomic E-state index is 12.4. The Labute approximate surface area is 126 Å². The summed E-state index contributed by atoms with van der Waals surface area (Å²) in [7, 11) is 0. The lowest BCUT2D eigenvalue weighted by Gasteiger charge is -2.40. The van der Waals surface area contributed by atoms with Crippen LogP contribution in [0, 0.1) is 5.92 Å². The molecule has 1 fully saturated rings. The van der Waals surface area contributed by atoms with Gasteiger partial charge in [0.1, 0.15) is 5.60 Å². The van der Waals surface area contributed by atoms with Crippen molar-refractivity contribution in [2.45, 2.75) is 77.7 Å². The van der Waals surface area contributed by atoms with E-state index in [0.29, 0.717) is 12.8 Å². The fourth-order valence-electron chi connectivity index (χ4n) is 2.72. The van der Waals surface area contributed by atoms with Crippen LogP contribution in [0.3, 0.4) is 0 Å². The molecule has 0 aromatic heterocycles. The van der Waals surface area contributed by atoms with Crippen LogP contribution in [0.4, 0.5) is 4.79 Å². The van der Waals surface area contributed by atoms with E-state index in [4.69, 9.17) is 9.84 Å². The number of carbonyl (C=O) groups excluding carboxylic acids is 1. The topological polar surface area (TPSA) is 87.1 Å². The largest absolute Gasteiger partial charge is 0.481 e. The second kappa shape index (κ2) is 5.83. The lowest BCUT2D eigenvalue weighted by molar-refractivity contribution is -0.154. The lowest BCUT2D eigenvalue weighted by atomic mass is 9.82. The molecule has 1 aliphatic heterocycles. The van der Waals surface area contributed by atoms with Gasteiger partial charge in [0.2, 0.25) is 0 Å². The number of likely N-dealkylation sites (tertiary alicyclic amines) is 1. The van der Waals surface area contributed by atoms with E-state index in [9.17, 15) is 14.7 Å². The van der Waals surface area contributed by atoms with Gasteiger partial charge in [0.05, 0.1) is 17.6 Å². The molecule has 4 atom stereocenters. The molecule has 0 radical (unpaired) electrons. The molecule has 0 saturated carbocycles. The molecule has 1 rings (SSSR count). The van der Waals surface area contributed by atoms with E-state index < -0.39 is 35.2 Å². The van der Waals surface area contributed by atoms with Crippen LogP contribution >= 0.6 is 0 Å². The highest BCUT2D eigenvalue weighted by atomic mass is 16.6. The molecule has 0 aromatic rings. The minimum Gasteiger partial charge on any atom is -0.481 e. The van der Waals surface area contributed by atoms with Gasteiger partial charge in [0.25, 0.3) is 0 Å². The van der Waals surface area contributed by atoms with Gasteiger partial charge in [0, 0.05) is 6.04 Å². The van der Waals surface area contributed by atoms with E-state index in [1.54, 1.807) is 20.8 Å². The smallest absolute Gasteiger partial charge is 0.410 e. The van der Waals surface area contributed by atoms with Gasteiger partial charge in [-0.3, -0.25) is 9.69 Å². The molecule has 0 bridgehead atoms. The quantitative estimate of drug-likeness (QED) is 0.835. The van der Waals surface area contributed by atoms with Crippen molar-refractivity contribution in [2.75, 3.05) is 0 Å². The van der Waals surface area contributed by atoms with Crippen LogP contribution in [-0.4, -0.2) is 50.5 Å². The summed E-state index contributed by atoms with van der Waals surface area (Å²) >= 11 is 0. The van der Waals surface area contributed by atoms with Gasteiger partial charge in [-0.05, 0) is 54.4 Å². The molecule has 1 amide bonds. The third-order valence-electron chi connectivity index (χ3n) is 4.19.